The molecule has 0 saturated carbocycles. The normalized spacial score (nSPS) is 15.5. The molecule has 0 atom stereocenters. The molecular formula is C18H20BrN3O. The second-order valence-electron chi connectivity index (χ2n) is 6.01. The van der Waals surface area contributed by atoms with Crippen LogP contribution in [0, 0.1) is 5.92 Å². The first-order chi connectivity index (χ1) is 11.1. The third kappa shape index (κ3) is 3.91. The molecule has 2 heterocycles. The molecule has 1 fully saturated rings. The van der Waals surface area contributed by atoms with Crippen LogP contribution in [0.4, 0.5) is 11.4 Å². The summed E-state index contributed by atoms with van der Waals surface area (Å²) < 4.78 is 0.989. The Kier molecular flexibility index (Phi) is 4.96. The molecule has 0 aliphatic carbocycles. The van der Waals surface area contributed by atoms with Gasteiger partial charge in [-0.2, -0.15) is 0 Å². The van der Waals surface area contributed by atoms with Gasteiger partial charge >= 0.3 is 0 Å². The highest BCUT2D eigenvalue weighted by molar-refractivity contribution is 9.10. The lowest BCUT2D eigenvalue weighted by Crippen LogP contribution is -2.38. The molecule has 0 bridgehead atoms. The fraction of sp³-hybridized carbons (Fsp3) is 0.333. The van der Waals surface area contributed by atoms with Crippen LogP contribution in [0.15, 0.2) is 47.1 Å². The van der Waals surface area contributed by atoms with E-state index in [0.29, 0.717) is 11.6 Å². The molecule has 1 N–H and O–H groups in total. The summed E-state index contributed by atoms with van der Waals surface area (Å²) in [5.74, 6) is 0.743. The number of hydrogen-bond donors (Lipinski definition) is 1. The molecule has 1 aliphatic rings. The number of likely N-dealkylation sites (tertiary alicyclic amines) is 1. The number of hydrogen-bond acceptors (Lipinski definition) is 3. The van der Waals surface area contributed by atoms with E-state index in [4.69, 9.17) is 0 Å². The summed E-state index contributed by atoms with van der Waals surface area (Å²) in [5, 5.41) is 3.29. The molecule has 1 saturated heterocycles. The minimum atomic E-state index is 0.0318. The molecule has 1 aromatic heterocycles. The number of nitrogens with one attached hydrogen (secondary N) is 1. The molecule has 3 rings (SSSR count). The second-order valence-corrected chi connectivity index (χ2v) is 6.87. The van der Waals surface area contributed by atoms with Crippen molar-refractivity contribution in [2.75, 3.05) is 18.4 Å². The van der Waals surface area contributed by atoms with Gasteiger partial charge in [0.05, 0.1) is 17.6 Å². The third-order valence-corrected chi connectivity index (χ3v) is 4.90. The highest BCUT2D eigenvalue weighted by atomic mass is 79.9. The van der Waals surface area contributed by atoms with Crippen LogP contribution in [0.2, 0.25) is 0 Å². The summed E-state index contributed by atoms with van der Waals surface area (Å²) in [5.41, 5.74) is 2.34. The zero-order valence-corrected chi connectivity index (χ0v) is 14.7. The molecule has 0 unspecified atom stereocenters. The van der Waals surface area contributed by atoms with Crippen LogP contribution in [0.5, 0.6) is 0 Å². The standard InChI is InChI=1S/C18H20BrN3O/c1-13-8-10-22(11-9-13)18(23)17-7-6-14(12-20-17)21-16-5-3-2-4-15(16)19/h2-7,12-13,21H,8-11H2,1H3. The van der Waals surface area contributed by atoms with Gasteiger partial charge in [-0.3, -0.25) is 4.79 Å². The van der Waals surface area contributed by atoms with Crippen LogP contribution in [-0.2, 0) is 0 Å². The minimum Gasteiger partial charge on any atom is -0.353 e. The predicted octanol–water partition coefficient (Wildman–Crippen LogP) is 4.46. The van der Waals surface area contributed by atoms with Crippen molar-refractivity contribution in [3.8, 4) is 0 Å². The maximum atomic E-state index is 12.5. The Bertz CT molecular complexity index is 679. The number of carbonyl (C=O) groups excluding carboxylic acids is 1. The number of amides is 1. The molecule has 5 heteroatoms. The summed E-state index contributed by atoms with van der Waals surface area (Å²) in [6.45, 7) is 3.90. The van der Waals surface area contributed by atoms with E-state index in [-0.39, 0.29) is 5.91 Å². The molecule has 1 amide bonds. The Labute approximate surface area is 145 Å². The van der Waals surface area contributed by atoms with Crippen LogP contribution in [0.3, 0.4) is 0 Å². The van der Waals surface area contributed by atoms with Crippen LogP contribution in [-0.4, -0.2) is 28.9 Å². The number of carbonyl (C=O) groups is 1. The van der Waals surface area contributed by atoms with Crippen LogP contribution in [0.25, 0.3) is 0 Å². The molecule has 23 heavy (non-hydrogen) atoms. The maximum Gasteiger partial charge on any atom is 0.272 e. The Morgan fingerprint density at radius 3 is 2.61 bits per heavy atom. The van der Waals surface area contributed by atoms with Crippen LogP contribution < -0.4 is 5.32 Å². The Morgan fingerprint density at radius 1 is 1.22 bits per heavy atom. The van der Waals surface area contributed by atoms with E-state index in [1.807, 2.05) is 35.2 Å². The Balaban J connectivity index is 1.67. The van der Waals surface area contributed by atoms with Crippen molar-refractivity contribution >= 4 is 33.2 Å². The zero-order valence-electron chi connectivity index (χ0n) is 13.1. The number of pyridine rings is 1. The number of nitrogens with zero attached hydrogens (tertiary/aromatic N) is 2. The van der Waals surface area contributed by atoms with Gasteiger partial charge in [0.2, 0.25) is 0 Å². The average molecular weight is 374 g/mol. The molecule has 0 radical (unpaired) electrons. The zero-order chi connectivity index (χ0) is 16.2. The fourth-order valence-corrected chi connectivity index (χ4v) is 3.07. The van der Waals surface area contributed by atoms with Gasteiger partial charge in [-0.1, -0.05) is 19.1 Å². The number of rotatable bonds is 3. The number of anilines is 2. The number of halogens is 1. The molecule has 4 nitrogen and oxygen atoms in total. The van der Waals surface area contributed by atoms with E-state index in [2.05, 4.69) is 33.2 Å². The van der Waals surface area contributed by atoms with Gasteiger partial charge in [-0.15, -0.1) is 0 Å². The topological polar surface area (TPSA) is 45.2 Å². The van der Waals surface area contributed by atoms with E-state index < -0.39 is 0 Å². The minimum absolute atomic E-state index is 0.0318. The number of aromatic nitrogens is 1. The van der Waals surface area contributed by atoms with Crippen LogP contribution in [0.1, 0.15) is 30.3 Å². The van der Waals surface area contributed by atoms with E-state index in [9.17, 15) is 4.79 Å². The Hall–Kier alpha value is -1.88. The van der Waals surface area contributed by atoms with Gasteiger partial charge in [-0.25, -0.2) is 4.98 Å². The van der Waals surface area contributed by atoms with E-state index in [1.54, 1.807) is 12.3 Å². The van der Waals surface area contributed by atoms with Crippen molar-refractivity contribution in [3.05, 3.63) is 52.8 Å². The average Bonchev–Trinajstić information content (AvgIpc) is 2.58. The Morgan fingerprint density at radius 2 is 1.96 bits per heavy atom. The number of para-hydroxylation sites is 1. The smallest absolute Gasteiger partial charge is 0.272 e. The fourth-order valence-electron chi connectivity index (χ4n) is 2.69. The highest BCUT2D eigenvalue weighted by Crippen LogP contribution is 2.25. The van der Waals surface area contributed by atoms with Crippen LogP contribution >= 0.6 is 15.9 Å². The summed E-state index contributed by atoms with van der Waals surface area (Å²) >= 11 is 3.50. The van der Waals surface area contributed by atoms with Gasteiger partial charge < -0.3 is 10.2 Å². The van der Waals surface area contributed by atoms with Crippen molar-refractivity contribution in [1.29, 1.82) is 0 Å². The summed E-state index contributed by atoms with van der Waals surface area (Å²) in [6, 6.07) is 11.6. The monoisotopic (exact) mass is 373 g/mol. The molecule has 120 valence electrons. The van der Waals surface area contributed by atoms with E-state index >= 15 is 0 Å². The summed E-state index contributed by atoms with van der Waals surface area (Å²) in [4.78, 5) is 18.7. The molecule has 2 aromatic rings. The second kappa shape index (κ2) is 7.13. The van der Waals surface area contributed by atoms with Gasteiger partial charge in [0.1, 0.15) is 5.69 Å². The van der Waals surface area contributed by atoms with Crippen molar-refractivity contribution in [1.82, 2.24) is 9.88 Å². The molecule has 0 spiro atoms. The molecular weight excluding hydrogens is 354 g/mol. The quantitative estimate of drug-likeness (QED) is 0.863. The summed E-state index contributed by atoms with van der Waals surface area (Å²) in [6.07, 6.45) is 3.86. The summed E-state index contributed by atoms with van der Waals surface area (Å²) in [7, 11) is 0. The van der Waals surface area contributed by atoms with E-state index in [0.717, 1.165) is 41.8 Å². The first-order valence-electron chi connectivity index (χ1n) is 7.90. The van der Waals surface area contributed by atoms with Gasteiger partial charge in [0.25, 0.3) is 5.91 Å². The third-order valence-electron chi connectivity index (χ3n) is 4.21. The lowest BCUT2D eigenvalue weighted by Gasteiger charge is -2.30. The van der Waals surface area contributed by atoms with Crippen molar-refractivity contribution < 1.29 is 4.79 Å². The van der Waals surface area contributed by atoms with Crippen molar-refractivity contribution in [3.63, 3.8) is 0 Å². The SMILES string of the molecule is CC1CCN(C(=O)c2ccc(Nc3ccccc3Br)cn2)CC1. The number of piperidine rings is 1. The largest absolute Gasteiger partial charge is 0.353 e. The highest BCUT2D eigenvalue weighted by Gasteiger charge is 2.22. The lowest BCUT2D eigenvalue weighted by molar-refractivity contribution is 0.0691. The predicted molar refractivity (Wildman–Crippen MR) is 96.0 cm³/mol. The van der Waals surface area contributed by atoms with Crippen molar-refractivity contribution in [2.24, 2.45) is 5.92 Å². The van der Waals surface area contributed by atoms with Gasteiger partial charge in [-0.05, 0) is 59.0 Å². The molecule has 1 aromatic carbocycles. The number of benzene rings is 1. The molecule has 1 aliphatic heterocycles. The van der Waals surface area contributed by atoms with Crippen molar-refractivity contribution in [2.45, 2.75) is 19.8 Å². The van der Waals surface area contributed by atoms with Gasteiger partial charge in [0.15, 0.2) is 0 Å². The first-order valence-corrected chi connectivity index (χ1v) is 8.69. The van der Waals surface area contributed by atoms with E-state index in [1.165, 1.54) is 0 Å². The maximum absolute atomic E-state index is 12.5. The van der Waals surface area contributed by atoms with Gasteiger partial charge in [0, 0.05) is 17.6 Å². The lowest BCUT2D eigenvalue weighted by atomic mass is 9.99. The first kappa shape index (κ1) is 16.0.